The first kappa shape index (κ1) is 15.3. The summed E-state index contributed by atoms with van der Waals surface area (Å²) in [5, 5.41) is 5.07. The van der Waals surface area contributed by atoms with Gasteiger partial charge in [0.2, 0.25) is 11.8 Å². The summed E-state index contributed by atoms with van der Waals surface area (Å²) in [4.78, 5) is 43.6. The minimum atomic E-state index is -0.370. The molecule has 0 spiro atoms. The van der Waals surface area contributed by atoms with Gasteiger partial charge in [0, 0.05) is 12.6 Å². The van der Waals surface area contributed by atoms with E-state index in [9.17, 15) is 19.2 Å². The van der Waals surface area contributed by atoms with Crippen molar-refractivity contribution in [2.24, 2.45) is 0 Å². The van der Waals surface area contributed by atoms with Gasteiger partial charge in [-0.2, -0.15) is 0 Å². The molecule has 0 heterocycles. The first-order valence-electron chi connectivity index (χ1n) is 5.36. The molecule has 0 aromatic heterocycles. The molecular weight excluding hydrogens is 224 g/mol. The number of carbonyl (C=O) groups excluding carboxylic acids is 4. The van der Waals surface area contributed by atoms with Crippen molar-refractivity contribution >= 4 is 23.4 Å². The summed E-state index contributed by atoms with van der Waals surface area (Å²) in [7, 11) is 0. The van der Waals surface area contributed by atoms with Crippen molar-refractivity contribution in [1.29, 1.82) is 0 Å². The Kier molecular flexibility index (Phi) is 6.77. The van der Waals surface area contributed by atoms with E-state index in [-0.39, 0.29) is 48.8 Å². The van der Waals surface area contributed by atoms with Gasteiger partial charge in [0.25, 0.3) is 0 Å². The molecule has 0 aromatic carbocycles. The van der Waals surface area contributed by atoms with Gasteiger partial charge < -0.3 is 10.6 Å². The van der Waals surface area contributed by atoms with Crippen LogP contribution in [0, 0.1) is 0 Å². The van der Waals surface area contributed by atoms with E-state index in [0.29, 0.717) is 0 Å². The molecule has 6 nitrogen and oxygen atoms in total. The highest BCUT2D eigenvalue weighted by atomic mass is 16.2. The third kappa shape index (κ3) is 9.22. The molecule has 0 aliphatic carbocycles. The Morgan fingerprint density at radius 3 is 1.88 bits per heavy atom. The van der Waals surface area contributed by atoms with Crippen molar-refractivity contribution in [1.82, 2.24) is 10.6 Å². The van der Waals surface area contributed by atoms with Crippen LogP contribution in [0.2, 0.25) is 0 Å². The number of hydrogen-bond donors (Lipinski definition) is 2. The number of ketones is 2. The van der Waals surface area contributed by atoms with Crippen molar-refractivity contribution in [2.75, 3.05) is 6.54 Å². The second-order valence-corrected chi connectivity index (χ2v) is 4.03. The molecule has 0 rings (SSSR count). The molecule has 2 N–H and O–H groups in total. The lowest BCUT2D eigenvalue weighted by Gasteiger charge is -2.14. The lowest BCUT2D eigenvalue weighted by molar-refractivity contribution is -0.129. The average Bonchev–Trinajstić information content (AvgIpc) is 2.12. The summed E-state index contributed by atoms with van der Waals surface area (Å²) in [5.74, 6) is -1.16. The van der Waals surface area contributed by atoms with Crippen LogP contribution in [0.15, 0.2) is 0 Å². The molecule has 0 saturated heterocycles. The summed E-state index contributed by atoms with van der Waals surface area (Å²) in [6.45, 7) is 4.60. The minimum Gasteiger partial charge on any atom is -0.354 e. The molecule has 96 valence electrons. The van der Waals surface area contributed by atoms with E-state index in [1.165, 1.54) is 13.8 Å². The number of Topliss-reactive ketones (excluding diaryl/α,β-unsaturated/α-hetero) is 2. The Bertz CT molecular complexity index is 325. The molecule has 0 aliphatic rings. The Morgan fingerprint density at radius 2 is 1.41 bits per heavy atom. The third-order valence-corrected chi connectivity index (χ3v) is 1.83. The Morgan fingerprint density at radius 1 is 0.941 bits per heavy atom. The molecule has 6 heteroatoms. The number of nitrogens with one attached hydrogen (secondary N) is 2. The van der Waals surface area contributed by atoms with Gasteiger partial charge >= 0.3 is 0 Å². The number of hydrogen-bond acceptors (Lipinski definition) is 4. The molecule has 1 unspecified atom stereocenters. The predicted octanol–water partition coefficient (Wildman–Crippen LogP) is -0.434. The summed E-state index contributed by atoms with van der Waals surface area (Å²) in [6.07, 6.45) is -0.320. The number of rotatable bonds is 7. The molecular formula is C11H18N2O4. The second kappa shape index (κ2) is 7.54. The standard InChI is InChI=1S/C11H18N2O4/c1-7(13-11(17)5-9(3)15)6-12-10(16)4-8(2)14/h7H,4-6H2,1-3H3,(H,12,16)(H,13,17). The Hall–Kier alpha value is -1.72. The van der Waals surface area contributed by atoms with Crippen LogP contribution in [0.25, 0.3) is 0 Å². The van der Waals surface area contributed by atoms with E-state index < -0.39 is 0 Å². The van der Waals surface area contributed by atoms with Crippen LogP contribution in [0.1, 0.15) is 33.6 Å². The van der Waals surface area contributed by atoms with Gasteiger partial charge in [-0.15, -0.1) is 0 Å². The van der Waals surface area contributed by atoms with Crippen molar-refractivity contribution < 1.29 is 19.2 Å². The predicted molar refractivity (Wildman–Crippen MR) is 61.2 cm³/mol. The first-order valence-corrected chi connectivity index (χ1v) is 5.36. The van der Waals surface area contributed by atoms with Gasteiger partial charge in [-0.1, -0.05) is 0 Å². The van der Waals surface area contributed by atoms with E-state index in [2.05, 4.69) is 10.6 Å². The van der Waals surface area contributed by atoms with Crippen LogP contribution in [-0.2, 0) is 19.2 Å². The first-order chi connectivity index (χ1) is 7.81. The zero-order valence-electron chi connectivity index (χ0n) is 10.3. The van der Waals surface area contributed by atoms with E-state index >= 15 is 0 Å². The summed E-state index contributed by atoms with van der Waals surface area (Å²) in [5.41, 5.74) is 0. The van der Waals surface area contributed by atoms with Crippen LogP contribution in [0.5, 0.6) is 0 Å². The Labute approximate surface area is 100 Å². The van der Waals surface area contributed by atoms with Gasteiger partial charge in [0.1, 0.15) is 11.6 Å². The molecule has 0 bridgehead atoms. The maximum atomic E-state index is 11.2. The molecule has 0 fully saturated rings. The van der Waals surface area contributed by atoms with Crippen molar-refractivity contribution in [3.05, 3.63) is 0 Å². The van der Waals surface area contributed by atoms with Crippen molar-refractivity contribution in [3.63, 3.8) is 0 Å². The summed E-state index contributed by atoms with van der Waals surface area (Å²) >= 11 is 0. The van der Waals surface area contributed by atoms with Gasteiger partial charge in [-0.3, -0.25) is 19.2 Å². The zero-order valence-corrected chi connectivity index (χ0v) is 10.3. The van der Waals surface area contributed by atoms with Gasteiger partial charge in [-0.05, 0) is 20.8 Å². The second-order valence-electron chi connectivity index (χ2n) is 4.03. The number of amides is 2. The normalized spacial score (nSPS) is 11.5. The highest BCUT2D eigenvalue weighted by Gasteiger charge is 2.11. The molecule has 17 heavy (non-hydrogen) atoms. The molecule has 2 amide bonds. The molecule has 0 saturated carbocycles. The molecule has 0 aromatic rings. The topological polar surface area (TPSA) is 92.3 Å². The largest absolute Gasteiger partial charge is 0.354 e. The molecule has 0 radical (unpaired) electrons. The monoisotopic (exact) mass is 242 g/mol. The average molecular weight is 242 g/mol. The fourth-order valence-electron chi connectivity index (χ4n) is 1.16. The summed E-state index contributed by atoms with van der Waals surface area (Å²) < 4.78 is 0. The quantitative estimate of drug-likeness (QED) is 0.592. The fourth-order valence-corrected chi connectivity index (χ4v) is 1.16. The van der Waals surface area contributed by atoms with Gasteiger partial charge in [0.15, 0.2) is 0 Å². The van der Waals surface area contributed by atoms with Crippen molar-refractivity contribution in [3.8, 4) is 0 Å². The SMILES string of the molecule is CC(=O)CC(=O)NCC(C)NC(=O)CC(C)=O. The van der Waals surface area contributed by atoms with Crippen LogP contribution in [0.4, 0.5) is 0 Å². The van der Waals surface area contributed by atoms with Crippen LogP contribution in [0.3, 0.4) is 0 Å². The van der Waals surface area contributed by atoms with Crippen LogP contribution in [-0.4, -0.2) is 36.0 Å². The van der Waals surface area contributed by atoms with Crippen LogP contribution < -0.4 is 10.6 Å². The lowest BCUT2D eigenvalue weighted by Crippen LogP contribution is -2.42. The highest BCUT2D eigenvalue weighted by molar-refractivity contribution is 5.97. The smallest absolute Gasteiger partial charge is 0.227 e. The van der Waals surface area contributed by atoms with Gasteiger partial charge in [-0.25, -0.2) is 0 Å². The Balaban J connectivity index is 3.83. The fraction of sp³-hybridized carbons (Fsp3) is 0.636. The minimum absolute atomic E-state index is 0.159. The highest BCUT2D eigenvalue weighted by Crippen LogP contribution is 1.87. The lowest BCUT2D eigenvalue weighted by atomic mass is 10.2. The number of carbonyl (C=O) groups is 4. The molecule has 1 atom stereocenters. The van der Waals surface area contributed by atoms with E-state index in [0.717, 1.165) is 0 Å². The third-order valence-electron chi connectivity index (χ3n) is 1.83. The molecule has 0 aliphatic heterocycles. The van der Waals surface area contributed by atoms with E-state index in [4.69, 9.17) is 0 Å². The maximum Gasteiger partial charge on any atom is 0.227 e. The van der Waals surface area contributed by atoms with E-state index in [1.807, 2.05) is 0 Å². The van der Waals surface area contributed by atoms with Gasteiger partial charge in [0.05, 0.1) is 12.8 Å². The zero-order chi connectivity index (χ0) is 13.4. The van der Waals surface area contributed by atoms with E-state index in [1.54, 1.807) is 6.92 Å². The summed E-state index contributed by atoms with van der Waals surface area (Å²) in [6, 6.07) is -0.280. The van der Waals surface area contributed by atoms with Crippen molar-refractivity contribution in [2.45, 2.75) is 39.7 Å². The van der Waals surface area contributed by atoms with Crippen LogP contribution >= 0.6 is 0 Å². The maximum absolute atomic E-state index is 11.2.